The van der Waals surface area contributed by atoms with E-state index >= 15 is 0 Å². The van der Waals surface area contributed by atoms with Gasteiger partial charge in [0.15, 0.2) is 6.23 Å². The fourth-order valence-electron chi connectivity index (χ4n) is 2.32. The molecule has 4 heteroatoms. The molecule has 2 aromatic carbocycles. The van der Waals surface area contributed by atoms with Crippen LogP contribution < -0.4 is 9.64 Å². The molecular formula is C18H21NO3. The molecule has 2 rings (SSSR count). The zero-order valence-electron chi connectivity index (χ0n) is 13.2. The minimum Gasteiger partial charge on any atom is -0.410 e. The zero-order valence-corrected chi connectivity index (χ0v) is 13.2. The molecule has 0 fully saturated rings. The van der Waals surface area contributed by atoms with E-state index in [0.717, 1.165) is 17.8 Å². The maximum atomic E-state index is 11.9. The van der Waals surface area contributed by atoms with Crippen LogP contribution in [0.25, 0.3) is 0 Å². The van der Waals surface area contributed by atoms with Crippen LogP contribution in [0.4, 0.5) is 10.5 Å². The second-order valence-corrected chi connectivity index (χ2v) is 4.95. The number of carbonyl (C=O) groups is 1. The zero-order chi connectivity index (χ0) is 15.9. The Hall–Kier alpha value is -2.49. The van der Waals surface area contributed by atoms with Gasteiger partial charge in [0.1, 0.15) is 5.75 Å². The van der Waals surface area contributed by atoms with Crippen LogP contribution in [0.3, 0.4) is 0 Å². The maximum Gasteiger partial charge on any atom is 0.515 e. The van der Waals surface area contributed by atoms with E-state index in [9.17, 15) is 4.79 Å². The molecule has 1 unspecified atom stereocenters. The molecule has 0 amide bonds. The van der Waals surface area contributed by atoms with Crippen molar-refractivity contribution in [3.05, 3.63) is 60.2 Å². The SMILES string of the molecule is CCN(c1ccccc1C)C(C)OC(=O)Oc1ccccc1. The first-order valence-electron chi connectivity index (χ1n) is 7.37. The number of nitrogens with zero attached hydrogens (tertiary/aromatic N) is 1. The van der Waals surface area contributed by atoms with E-state index in [4.69, 9.17) is 9.47 Å². The first kappa shape index (κ1) is 15.9. The van der Waals surface area contributed by atoms with Crippen LogP contribution in [0, 0.1) is 6.92 Å². The first-order chi connectivity index (χ1) is 10.6. The van der Waals surface area contributed by atoms with Gasteiger partial charge in [0.25, 0.3) is 0 Å². The average molecular weight is 299 g/mol. The largest absolute Gasteiger partial charge is 0.515 e. The van der Waals surface area contributed by atoms with E-state index in [0.29, 0.717) is 5.75 Å². The minimum atomic E-state index is -0.703. The maximum absolute atomic E-state index is 11.9. The molecule has 22 heavy (non-hydrogen) atoms. The van der Waals surface area contributed by atoms with Gasteiger partial charge in [0, 0.05) is 12.2 Å². The third-order valence-electron chi connectivity index (χ3n) is 3.42. The molecule has 0 aliphatic heterocycles. The highest BCUT2D eigenvalue weighted by atomic mass is 16.7. The van der Waals surface area contributed by atoms with Crippen molar-refractivity contribution in [2.75, 3.05) is 11.4 Å². The third-order valence-corrected chi connectivity index (χ3v) is 3.42. The lowest BCUT2D eigenvalue weighted by atomic mass is 10.2. The number of para-hydroxylation sites is 2. The molecular weight excluding hydrogens is 278 g/mol. The van der Waals surface area contributed by atoms with Gasteiger partial charge < -0.3 is 14.4 Å². The summed E-state index contributed by atoms with van der Waals surface area (Å²) in [7, 11) is 0. The van der Waals surface area contributed by atoms with Gasteiger partial charge in [-0.3, -0.25) is 0 Å². The van der Waals surface area contributed by atoms with Crippen LogP contribution in [0.2, 0.25) is 0 Å². The topological polar surface area (TPSA) is 38.8 Å². The standard InChI is InChI=1S/C18H21NO3/c1-4-19(17-13-9-8-10-14(17)2)15(3)21-18(20)22-16-11-6-5-7-12-16/h5-13,15H,4H2,1-3H3. The van der Waals surface area contributed by atoms with Crippen molar-refractivity contribution in [3.63, 3.8) is 0 Å². The van der Waals surface area contributed by atoms with Gasteiger partial charge in [-0.1, -0.05) is 36.4 Å². The predicted octanol–water partition coefficient (Wildman–Crippen LogP) is 4.38. The quantitative estimate of drug-likeness (QED) is 0.466. The number of aryl methyl sites for hydroxylation is 1. The second kappa shape index (κ2) is 7.50. The Bertz CT molecular complexity index is 613. The van der Waals surface area contributed by atoms with Crippen molar-refractivity contribution in [2.24, 2.45) is 0 Å². The number of hydrogen-bond acceptors (Lipinski definition) is 4. The average Bonchev–Trinajstić information content (AvgIpc) is 2.50. The fraction of sp³-hybridized carbons (Fsp3) is 0.278. The molecule has 0 saturated carbocycles. The molecule has 0 bridgehead atoms. The molecule has 0 aliphatic carbocycles. The molecule has 2 aromatic rings. The molecule has 0 N–H and O–H groups in total. The Labute approximate surface area is 131 Å². The van der Waals surface area contributed by atoms with Gasteiger partial charge >= 0.3 is 6.16 Å². The van der Waals surface area contributed by atoms with Crippen molar-refractivity contribution in [1.29, 1.82) is 0 Å². The Morgan fingerprint density at radius 1 is 1.09 bits per heavy atom. The minimum absolute atomic E-state index is 0.415. The summed E-state index contributed by atoms with van der Waals surface area (Å²) in [5.41, 5.74) is 2.18. The highest BCUT2D eigenvalue weighted by Gasteiger charge is 2.19. The van der Waals surface area contributed by atoms with Crippen molar-refractivity contribution < 1.29 is 14.3 Å². The number of anilines is 1. The Morgan fingerprint density at radius 3 is 2.36 bits per heavy atom. The predicted molar refractivity (Wildman–Crippen MR) is 87.2 cm³/mol. The van der Waals surface area contributed by atoms with Crippen LogP contribution in [0.15, 0.2) is 54.6 Å². The van der Waals surface area contributed by atoms with Crippen molar-refractivity contribution >= 4 is 11.8 Å². The van der Waals surface area contributed by atoms with Crippen LogP contribution in [-0.4, -0.2) is 18.9 Å². The van der Waals surface area contributed by atoms with E-state index in [2.05, 4.69) is 0 Å². The van der Waals surface area contributed by atoms with E-state index in [1.807, 2.05) is 56.0 Å². The normalized spacial score (nSPS) is 11.6. The van der Waals surface area contributed by atoms with Crippen molar-refractivity contribution in [3.8, 4) is 5.75 Å². The molecule has 0 radical (unpaired) electrons. The van der Waals surface area contributed by atoms with Gasteiger partial charge in [-0.15, -0.1) is 0 Å². The lowest BCUT2D eigenvalue weighted by Gasteiger charge is -2.30. The number of ether oxygens (including phenoxy) is 2. The smallest absolute Gasteiger partial charge is 0.410 e. The van der Waals surface area contributed by atoms with Gasteiger partial charge in [0.2, 0.25) is 0 Å². The van der Waals surface area contributed by atoms with Gasteiger partial charge in [0.05, 0.1) is 0 Å². The molecule has 0 saturated heterocycles. The molecule has 0 aromatic heterocycles. The van der Waals surface area contributed by atoms with E-state index in [-0.39, 0.29) is 0 Å². The summed E-state index contributed by atoms with van der Waals surface area (Å²) in [6, 6.07) is 16.9. The highest BCUT2D eigenvalue weighted by molar-refractivity contribution is 5.64. The van der Waals surface area contributed by atoms with Crippen LogP contribution >= 0.6 is 0 Å². The summed E-state index contributed by atoms with van der Waals surface area (Å²) in [5, 5.41) is 0. The number of rotatable bonds is 5. The van der Waals surface area contributed by atoms with Gasteiger partial charge in [-0.05, 0) is 44.5 Å². The molecule has 4 nitrogen and oxygen atoms in total. The highest BCUT2D eigenvalue weighted by Crippen LogP contribution is 2.22. The molecule has 0 heterocycles. The van der Waals surface area contributed by atoms with E-state index < -0.39 is 12.4 Å². The molecule has 1 atom stereocenters. The molecule has 0 spiro atoms. The molecule has 0 aliphatic rings. The Balaban J connectivity index is 2.02. The van der Waals surface area contributed by atoms with Crippen molar-refractivity contribution in [2.45, 2.75) is 27.0 Å². The fourth-order valence-corrected chi connectivity index (χ4v) is 2.32. The van der Waals surface area contributed by atoms with E-state index in [1.165, 1.54) is 0 Å². The second-order valence-electron chi connectivity index (χ2n) is 4.95. The lowest BCUT2D eigenvalue weighted by molar-refractivity contribution is 0.0645. The Kier molecular flexibility index (Phi) is 5.42. The van der Waals surface area contributed by atoms with Crippen molar-refractivity contribution in [1.82, 2.24) is 0 Å². The van der Waals surface area contributed by atoms with E-state index in [1.54, 1.807) is 24.3 Å². The number of hydrogen-bond donors (Lipinski definition) is 0. The van der Waals surface area contributed by atoms with Gasteiger partial charge in [-0.2, -0.15) is 0 Å². The number of benzene rings is 2. The van der Waals surface area contributed by atoms with Gasteiger partial charge in [-0.25, -0.2) is 4.79 Å². The van der Waals surface area contributed by atoms with Crippen LogP contribution in [0.5, 0.6) is 5.75 Å². The third kappa shape index (κ3) is 4.01. The number of carbonyl (C=O) groups excluding carboxylic acids is 1. The summed E-state index contributed by atoms with van der Waals surface area (Å²) in [5.74, 6) is 0.471. The summed E-state index contributed by atoms with van der Waals surface area (Å²) in [6.07, 6.45) is -1.12. The first-order valence-corrected chi connectivity index (χ1v) is 7.37. The molecule has 116 valence electrons. The Morgan fingerprint density at radius 2 is 1.73 bits per heavy atom. The monoisotopic (exact) mass is 299 g/mol. The lowest BCUT2D eigenvalue weighted by Crippen LogP contribution is -2.37. The van der Waals surface area contributed by atoms with Crippen LogP contribution in [-0.2, 0) is 4.74 Å². The summed E-state index contributed by atoms with van der Waals surface area (Å²) in [6.45, 7) is 6.62. The van der Waals surface area contributed by atoms with Crippen LogP contribution in [0.1, 0.15) is 19.4 Å². The summed E-state index contributed by atoms with van der Waals surface area (Å²) < 4.78 is 10.5. The summed E-state index contributed by atoms with van der Waals surface area (Å²) in [4.78, 5) is 13.9. The summed E-state index contributed by atoms with van der Waals surface area (Å²) >= 11 is 0.